The zero-order valence-corrected chi connectivity index (χ0v) is 18.8. The Labute approximate surface area is 161 Å². The molecule has 1 aromatic carbocycles. The summed E-state index contributed by atoms with van der Waals surface area (Å²) in [6.07, 6.45) is 11.8. The first-order chi connectivity index (χ1) is 12.0. The number of hydrogen-bond acceptors (Lipinski definition) is 1. The van der Waals surface area contributed by atoms with Gasteiger partial charge in [0, 0.05) is 5.69 Å². The number of rotatable bonds is 2. The zero-order chi connectivity index (χ0) is 21.7. The fraction of sp³-hybridized carbons (Fsp3) is 0.500. The van der Waals surface area contributed by atoms with Crippen LogP contribution < -0.4 is 5.73 Å². The van der Waals surface area contributed by atoms with E-state index in [0.29, 0.717) is 0 Å². The second-order valence-corrected chi connectivity index (χ2v) is 4.22. The maximum Gasteiger partial charge on any atom is 0.0316 e. The van der Waals surface area contributed by atoms with Gasteiger partial charge in [0.25, 0.3) is 0 Å². The zero-order valence-electron chi connectivity index (χ0n) is 18.8. The van der Waals surface area contributed by atoms with Crippen LogP contribution >= 0.6 is 0 Å². The van der Waals surface area contributed by atoms with E-state index in [4.69, 9.17) is 5.73 Å². The molecule has 0 unspecified atom stereocenters. The minimum atomic E-state index is 0.838. The summed E-state index contributed by atoms with van der Waals surface area (Å²) < 4.78 is 0. The number of nitrogen functional groups attached to an aromatic ring is 1. The van der Waals surface area contributed by atoms with Crippen molar-refractivity contribution in [3.8, 4) is 12.8 Å². The van der Waals surface area contributed by atoms with Gasteiger partial charge in [-0.15, -0.1) is 32.6 Å². The first-order valence-electron chi connectivity index (χ1n) is 9.27. The lowest BCUT2D eigenvalue weighted by Gasteiger charge is -1.91. The van der Waals surface area contributed by atoms with Crippen molar-refractivity contribution in [3.63, 3.8) is 0 Å². The number of benzene rings is 1. The number of hydrogen-bond donors (Lipinski definition) is 1. The second kappa shape index (κ2) is 49.5. The summed E-state index contributed by atoms with van der Waals surface area (Å²) in [4.78, 5) is 0. The normalized spacial score (nSPS) is 6.36. The van der Waals surface area contributed by atoms with E-state index in [2.05, 4.69) is 53.4 Å². The summed E-state index contributed by atoms with van der Waals surface area (Å²) in [7, 11) is 0. The number of nitrogens with two attached hydrogens (primary N) is 1. The van der Waals surface area contributed by atoms with E-state index in [-0.39, 0.29) is 0 Å². The number of anilines is 1. The Bertz CT molecular complexity index is 318. The summed E-state index contributed by atoms with van der Waals surface area (Å²) in [5, 5.41) is 0. The van der Waals surface area contributed by atoms with E-state index in [9.17, 15) is 0 Å². The molecule has 0 aliphatic carbocycles. The monoisotopic (exact) mass is 349 g/mol. The molecule has 2 N–H and O–H groups in total. The van der Waals surface area contributed by atoms with E-state index in [1.54, 1.807) is 0 Å². The fourth-order valence-electron chi connectivity index (χ4n) is 0.670. The van der Waals surface area contributed by atoms with Gasteiger partial charge in [-0.3, -0.25) is 0 Å². The predicted octanol–water partition coefficient (Wildman–Crippen LogP) is 8.46. The highest BCUT2D eigenvalue weighted by atomic mass is 14.5. The third-order valence-corrected chi connectivity index (χ3v) is 2.15. The largest absolute Gasteiger partial charge is 0.399 e. The standard InChI is InChI=1S/C7H9N.C5H10.C4H10.2C2H6.C2H4.C2H2/c1-6-3-2-4-7(8)5-6;1-4-5(2)3;1-3-4-2;4*1-2/h2-5H,8H2,1H3;2,4H2,1,3H3;3-4H2,1-2H3;2*1-2H3;1-2H2;1-2H. The molecule has 0 aliphatic heterocycles. The van der Waals surface area contributed by atoms with Crippen LogP contribution in [-0.2, 0) is 0 Å². The molecule has 1 nitrogen and oxygen atoms in total. The van der Waals surface area contributed by atoms with Gasteiger partial charge in [-0.2, -0.15) is 0 Å². The van der Waals surface area contributed by atoms with Crippen LogP contribution in [0.25, 0.3) is 0 Å². The molecular formula is C24H47N. The molecule has 0 saturated heterocycles. The van der Waals surface area contributed by atoms with E-state index >= 15 is 0 Å². The van der Waals surface area contributed by atoms with Gasteiger partial charge in [0.2, 0.25) is 0 Å². The van der Waals surface area contributed by atoms with Gasteiger partial charge in [0.1, 0.15) is 0 Å². The lowest BCUT2D eigenvalue weighted by atomic mass is 10.2. The molecule has 1 heteroatoms. The van der Waals surface area contributed by atoms with Crippen LogP contribution in [0.1, 0.15) is 80.2 Å². The first kappa shape index (κ1) is 38.6. The number of unbranched alkanes of at least 4 members (excludes halogenated alkanes) is 1. The van der Waals surface area contributed by atoms with Gasteiger partial charge in [0.05, 0.1) is 0 Å². The Kier molecular flexibility index (Phi) is 76.3. The van der Waals surface area contributed by atoms with Crippen LogP contribution in [0.3, 0.4) is 0 Å². The Hall–Kier alpha value is -1.94. The van der Waals surface area contributed by atoms with Crippen molar-refractivity contribution < 1.29 is 0 Å². The summed E-state index contributed by atoms with van der Waals surface area (Å²) in [5.74, 6) is 0. The van der Waals surface area contributed by atoms with Crippen molar-refractivity contribution in [2.75, 3.05) is 5.73 Å². The van der Waals surface area contributed by atoms with Crippen molar-refractivity contribution in [1.82, 2.24) is 0 Å². The molecule has 0 saturated carbocycles. The van der Waals surface area contributed by atoms with Crippen LogP contribution in [-0.4, -0.2) is 0 Å². The lowest BCUT2D eigenvalue weighted by molar-refractivity contribution is 0.886. The highest BCUT2D eigenvalue weighted by Gasteiger charge is 1.81. The lowest BCUT2D eigenvalue weighted by Crippen LogP contribution is -1.82. The molecular weight excluding hydrogens is 302 g/mol. The van der Waals surface area contributed by atoms with Gasteiger partial charge >= 0.3 is 0 Å². The molecule has 0 heterocycles. The molecule has 148 valence electrons. The average Bonchev–Trinajstić information content (AvgIpc) is 2.68. The molecule has 0 amide bonds. The highest BCUT2D eigenvalue weighted by molar-refractivity contribution is 5.39. The van der Waals surface area contributed by atoms with Crippen LogP contribution in [0, 0.1) is 19.8 Å². The topological polar surface area (TPSA) is 26.0 Å². The first-order valence-corrected chi connectivity index (χ1v) is 9.27. The molecule has 0 bridgehead atoms. The van der Waals surface area contributed by atoms with Crippen molar-refractivity contribution in [1.29, 1.82) is 0 Å². The van der Waals surface area contributed by atoms with Crippen LogP contribution in [0.4, 0.5) is 5.69 Å². The predicted molar refractivity (Wildman–Crippen MR) is 125 cm³/mol. The summed E-state index contributed by atoms with van der Waals surface area (Å²) in [6.45, 7) is 28.2. The van der Waals surface area contributed by atoms with Crippen molar-refractivity contribution >= 4 is 5.69 Å². The van der Waals surface area contributed by atoms with Crippen LogP contribution in [0.5, 0.6) is 0 Å². The van der Waals surface area contributed by atoms with Gasteiger partial charge < -0.3 is 5.73 Å². The average molecular weight is 350 g/mol. The van der Waals surface area contributed by atoms with Crippen molar-refractivity contribution in [2.45, 2.75) is 81.6 Å². The van der Waals surface area contributed by atoms with E-state index in [1.165, 1.54) is 24.0 Å². The molecule has 25 heavy (non-hydrogen) atoms. The minimum absolute atomic E-state index is 0.838. The second-order valence-electron chi connectivity index (χ2n) is 4.22. The van der Waals surface area contributed by atoms with Crippen LogP contribution in [0.15, 0.2) is 49.6 Å². The number of allylic oxidation sites excluding steroid dienone is 1. The molecule has 0 radical (unpaired) electrons. The maximum atomic E-state index is 5.46. The van der Waals surface area contributed by atoms with Gasteiger partial charge in [0.15, 0.2) is 0 Å². The Balaban J connectivity index is -0.0000000469. The maximum absolute atomic E-state index is 5.46. The molecule has 1 aromatic rings. The minimum Gasteiger partial charge on any atom is -0.399 e. The van der Waals surface area contributed by atoms with Crippen molar-refractivity contribution in [3.05, 3.63) is 55.1 Å². The third-order valence-electron chi connectivity index (χ3n) is 2.15. The molecule has 0 spiro atoms. The molecule has 0 aromatic heterocycles. The summed E-state index contributed by atoms with van der Waals surface area (Å²) in [6, 6.07) is 7.80. The number of aryl methyl sites for hydroxylation is 1. The van der Waals surface area contributed by atoms with Gasteiger partial charge in [-0.05, 0) is 38.0 Å². The quantitative estimate of drug-likeness (QED) is 0.323. The number of terminal acetylenes is 1. The SMILES string of the molecule is C#C.C=C.C=C(C)CC.CC.CC.CCCC.Cc1cccc(N)c1. The van der Waals surface area contributed by atoms with Crippen molar-refractivity contribution in [2.24, 2.45) is 0 Å². The van der Waals surface area contributed by atoms with E-state index < -0.39 is 0 Å². The summed E-state index contributed by atoms with van der Waals surface area (Å²) >= 11 is 0. The third kappa shape index (κ3) is 72.6. The summed E-state index contributed by atoms with van der Waals surface area (Å²) in [5.41, 5.74) is 8.76. The van der Waals surface area contributed by atoms with Gasteiger partial charge in [-0.25, -0.2) is 0 Å². The Morgan fingerprint density at radius 1 is 0.960 bits per heavy atom. The van der Waals surface area contributed by atoms with E-state index in [1.807, 2.05) is 65.8 Å². The fourth-order valence-corrected chi connectivity index (χ4v) is 0.670. The smallest absolute Gasteiger partial charge is 0.0316 e. The Morgan fingerprint density at radius 3 is 1.40 bits per heavy atom. The molecule has 0 atom stereocenters. The molecule has 0 fully saturated rings. The molecule has 1 rings (SSSR count). The Morgan fingerprint density at radius 2 is 1.28 bits per heavy atom. The van der Waals surface area contributed by atoms with Crippen LogP contribution in [0.2, 0.25) is 0 Å². The molecule has 0 aliphatic rings. The van der Waals surface area contributed by atoms with E-state index in [0.717, 1.165) is 12.1 Å². The highest BCUT2D eigenvalue weighted by Crippen LogP contribution is 2.03. The van der Waals surface area contributed by atoms with Gasteiger partial charge in [-0.1, -0.05) is 79.0 Å².